The van der Waals surface area contributed by atoms with E-state index >= 15 is 0 Å². The molecule has 5 heteroatoms. The standard InChI is InChI=1S/C18H24O5/c1-18(2,3)23-14(19)9-13-11-21-17(16-15(13)22-16)20-10-12-7-5-4-6-8-12/h4-8,13,15-17H,9-11H2,1-3H3/t13-,15-,16-,17-/m0/s1. The predicted molar refractivity (Wildman–Crippen MR) is 83.6 cm³/mol. The van der Waals surface area contributed by atoms with Crippen molar-refractivity contribution in [1.82, 2.24) is 0 Å². The van der Waals surface area contributed by atoms with Gasteiger partial charge in [-0.1, -0.05) is 30.3 Å². The van der Waals surface area contributed by atoms with Crippen molar-refractivity contribution in [3.63, 3.8) is 0 Å². The van der Waals surface area contributed by atoms with Crippen molar-refractivity contribution in [2.75, 3.05) is 6.61 Å². The highest BCUT2D eigenvalue weighted by Gasteiger charge is 2.55. The fraction of sp³-hybridized carbons (Fsp3) is 0.611. The summed E-state index contributed by atoms with van der Waals surface area (Å²) in [5.41, 5.74) is 0.641. The number of ether oxygens (including phenoxy) is 4. The molecule has 0 bridgehead atoms. The minimum atomic E-state index is -0.461. The molecule has 23 heavy (non-hydrogen) atoms. The van der Waals surface area contributed by atoms with Crippen molar-refractivity contribution in [3.8, 4) is 0 Å². The van der Waals surface area contributed by atoms with E-state index in [0.29, 0.717) is 19.6 Å². The van der Waals surface area contributed by atoms with Gasteiger partial charge in [0.15, 0.2) is 6.29 Å². The van der Waals surface area contributed by atoms with Crippen molar-refractivity contribution in [2.24, 2.45) is 5.92 Å². The van der Waals surface area contributed by atoms with Crippen molar-refractivity contribution in [3.05, 3.63) is 35.9 Å². The number of epoxide rings is 1. The van der Waals surface area contributed by atoms with E-state index in [2.05, 4.69) is 0 Å². The molecular formula is C18H24O5. The molecule has 0 N–H and O–H groups in total. The summed E-state index contributed by atoms with van der Waals surface area (Å²) in [4.78, 5) is 11.9. The van der Waals surface area contributed by atoms with Crippen molar-refractivity contribution in [1.29, 1.82) is 0 Å². The Morgan fingerprint density at radius 2 is 1.96 bits per heavy atom. The molecule has 4 atom stereocenters. The van der Waals surface area contributed by atoms with Gasteiger partial charge in [0, 0.05) is 5.92 Å². The predicted octanol–water partition coefficient (Wildman–Crippen LogP) is 2.67. The summed E-state index contributed by atoms with van der Waals surface area (Å²) in [5, 5.41) is 0. The first kappa shape index (κ1) is 16.4. The third kappa shape index (κ3) is 4.53. The molecule has 126 valence electrons. The number of carbonyl (C=O) groups is 1. The van der Waals surface area contributed by atoms with E-state index in [-0.39, 0.29) is 30.4 Å². The van der Waals surface area contributed by atoms with Crippen LogP contribution in [0.15, 0.2) is 30.3 Å². The Morgan fingerprint density at radius 3 is 2.65 bits per heavy atom. The van der Waals surface area contributed by atoms with Crippen LogP contribution in [0.25, 0.3) is 0 Å². The molecule has 0 radical (unpaired) electrons. The lowest BCUT2D eigenvalue weighted by Gasteiger charge is -2.26. The third-order valence-electron chi connectivity index (χ3n) is 3.87. The van der Waals surface area contributed by atoms with Crippen LogP contribution < -0.4 is 0 Å². The van der Waals surface area contributed by atoms with E-state index in [4.69, 9.17) is 18.9 Å². The molecule has 0 saturated carbocycles. The number of fused-ring (bicyclic) bond motifs is 1. The van der Waals surface area contributed by atoms with E-state index in [0.717, 1.165) is 5.56 Å². The zero-order chi connectivity index (χ0) is 16.4. The van der Waals surface area contributed by atoms with Crippen LogP contribution in [0.2, 0.25) is 0 Å². The quantitative estimate of drug-likeness (QED) is 0.617. The summed E-state index contributed by atoms with van der Waals surface area (Å²) in [7, 11) is 0. The largest absolute Gasteiger partial charge is 0.460 e. The first-order valence-corrected chi connectivity index (χ1v) is 8.07. The summed E-state index contributed by atoms with van der Waals surface area (Å²) in [5.74, 6) is -0.157. The number of rotatable bonds is 5. The maximum atomic E-state index is 11.9. The zero-order valence-electron chi connectivity index (χ0n) is 13.9. The monoisotopic (exact) mass is 320 g/mol. The Bertz CT molecular complexity index is 536. The van der Waals surface area contributed by atoms with Gasteiger partial charge in [-0.25, -0.2) is 0 Å². The second-order valence-corrected chi connectivity index (χ2v) is 7.11. The molecule has 1 aromatic rings. The highest BCUT2D eigenvalue weighted by Crippen LogP contribution is 2.40. The van der Waals surface area contributed by atoms with E-state index in [1.807, 2.05) is 51.1 Å². The molecule has 0 spiro atoms. The lowest BCUT2D eigenvalue weighted by Crippen LogP contribution is -2.37. The van der Waals surface area contributed by atoms with E-state index in [9.17, 15) is 4.79 Å². The van der Waals surface area contributed by atoms with Gasteiger partial charge in [-0.15, -0.1) is 0 Å². The molecule has 0 aromatic heterocycles. The van der Waals surface area contributed by atoms with Crippen LogP contribution in [-0.2, 0) is 30.3 Å². The Kier molecular flexibility index (Phi) is 4.71. The van der Waals surface area contributed by atoms with E-state index < -0.39 is 5.60 Å². The third-order valence-corrected chi connectivity index (χ3v) is 3.87. The molecule has 2 aliphatic heterocycles. The van der Waals surface area contributed by atoms with Crippen molar-refractivity contribution >= 4 is 5.97 Å². The maximum Gasteiger partial charge on any atom is 0.306 e. The molecule has 5 nitrogen and oxygen atoms in total. The SMILES string of the molecule is CC(C)(C)OC(=O)C[C@H]1CO[C@H](OCc2ccccc2)[C@H]2O[C@@H]12. The number of esters is 1. The smallest absolute Gasteiger partial charge is 0.306 e. The average molecular weight is 320 g/mol. The van der Waals surface area contributed by atoms with Crippen molar-refractivity contribution in [2.45, 2.75) is 57.9 Å². The molecule has 0 aliphatic carbocycles. The van der Waals surface area contributed by atoms with Gasteiger partial charge in [-0.2, -0.15) is 0 Å². The fourth-order valence-corrected chi connectivity index (χ4v) is 2.81. The maximum absolute atomic E-state index is 11.9. The molecule has 0 amide bonds. The lowest BCUT2D eigenvalue weighted by atomic mass is 9.97. The highest BCUT2D eigenvalue weighted by atomic mass is 16.7. The number of carbonyl (C=O) groups excluding carboxylic acids is 1. The Labute approximate surface area is 136 Å². The molecule has 2 fully saturated rings. The van der Waals surface area contributed by atoms with Crippen molar-refractivity contribution < 1.29 is 23.7 Å². The van der Waals surface area contributed by atoms with E-state index in [1.54, 1.807) is 0 Å². The molecule has 2 saturated heterocycles. The van der Waals surface area contributed by atoms with Crippen LogP contribution in [0, 0.1) is 5.92 Å². The Hall–Kier alpha value is -1.43. The van der Waals surface area contributed by atoms with Gasteiger partial charge in [-0.3, -0.25) is 4.79 Å². The molecular weight excluding hydrogens is 296 g/mol. The van der Waals surface area contributed by atoms with Crippen LogP contribution in [0.5, 0.6) is 0 Å². The summed E-state index contributed by atoms with van der Waals surface area (Å²) < 4.78 is 22.6. The molecule has 1 aromatic carbocycles. The molecule has 2 heterocycles. The second kappa shape index (κ2) is 6.59. The van der Waals surface area contributed by atoms with Gasteiger partial charge in [0.25, 0.3) is 0 Å². The minimum absolute atomic E-state index is 0.0389. The first-order valence-electron chi connectivity index (χ1n) is 8.07. The zero-order valence-corrected chi connectivity index (χ0v) is 13.9. The van der Waals surface area contributed by atoms with Crippen LogP contribution in [0.4, 0.5) is 0 Å². The normalized spacial score (nSPS) is 29.7. The summed E-state index contributed by atoms with van der Waals surface area (Å²) in [6.07, 6.45) is -0.0591. The van der Waals surface area contributed by atoms with Gasteiger partial charge < -0.3 is 18.9 Å². The first-order chi connectivity index (χ1) is 10.9. The van der Waals surface area contributed by atoms with Gasteiger partial charge in [0.2, 0.25) is 0 Å². The van der Waals surface area contributed by atoms with Crippen LogP contribution in [-0.4, -0.2) is 36.7 Å². The topological polar surface area (TPSA) is 57.3 Å². The number of benzene rings is 1. The van der Waals surface area contributed by atoms with Gasteiger partial charge in [-0.05, 0) is 26.3 Å². The van der Waals surface area contributed by atoms with Gasteiger partial charge in [0.1, 0.15) is 11.7 Å². The van der Waals surface area contributed by atoms with Crippen LogP contribution in [0.1, 0.15) is 32.8 Å². The van der Waals surface area contributed by atoms with Crippen LogP contribution >= 0.6 is 0 Å². The number of hydrogen-bond donors (Lipinski definition) is 0. The summed E-state index contributed by atoms with van der Waals surface area (Å²) >= 11 is 0. The molecule has 2 aliphatic rings. The second-order valence-electron chi connectivity index (χ2n) is 7.11. The lowest BCUT2D eigenvalue weighted by molar-refractivity contribution is -0.179. The average Bonchev–Trinajstić information content (AvgIpc) is 3.26. The van der Waals surface area contributed by atoms with E-state index in [1.165, 1.54) is 0 Å². The highest BCUT2D eigenvalue weighted by molar-refractivity contribution is 5.70. The Morgan fingerprint density at radius 1 is 1.22 bits per heavy atom. The van der Waals surface area contributed by atoms with Crippen LogP contribution in [0.3, 0.4) is 0 Å². The summed E-state index contributed by atoms with van der Waals surface area (Å²) in [6, 6.07) is 9.96. The van der Waals surface area contributed by atoms with Gasteiger partial charge >= 0.3 is 5.97 Å². The summed E-state index contributed by atoms with van der Waals surface area (Å²) in [6.45, 7) is 6.55. The Balaban J connectivity index is 1.44. The van der Waals surface area contributed by atoms with Gasteiger partial charge in [0.05, 0.1) is 25.7 Å². The fourth-order valence-electron chi connectivity index (χ4n) is 2.81. The number of hydrogen-bond acceptors (Lipinski definition) is 5. The molecule has 3 rings (SSSR count). The molecule has 0 unspecified atom stereocenters. The minimum Gasteiger partial charge on any atom is -0.460 e.